The van der Waals surface area contributed by atoms with Gasteiger partial charge in [-0.25, -0.2) is 0 Å². The second-order valence-corrected chi connectivity index (χ2v) is 22.6. The van der Waals surface area contributed by atoms with Crippen LogP contribution in [-0.2, 0) is 0 Å². The number of nitrogens with zero attached hydrogens (tertiary/aromatic N) is 3. The molecule has 10 aromatic carbocycles. The van der Waals surface area contributed by atoms with Gasteiger partial charge in [0.1, 0.15) is 0 Å². The molecule has 0 aliphatic rings. The summed E-state index contributed by atoms with van der Waals surface area (Å²) >= 11 is 27.1. The van der Waals surface area contributed by atoms with Crippen molar-refractivity contribution >= 4 is 183 Å². The van der Waals surface area contributed by atoms with E-state index in [1.807, 2.05) is 97.1 Å². The average Bonchev–Trinajstić information content (AvgIpc) is 4.07. The van der Waals surface area contributed by atoms with Gasteiger partial charge in [-0.15, -0.1) is 22.7 Å². The molecule has 12 rings (SSSR count). The van der Waals surface area contributed by atoms with E-state index in [0.29, 0.717) is 10.0 Å². The highest BCUT2D eigenvalue weighted by Crippen LogP contribution is 2.50. The molecule has 0 saturated heterocycles. The fourth-order valence-electron chi connectivity index (χ4n) is 8.64. The van der Waals surface area contributed by atoms with Gasteiger partial charge < -0.3 is 20.0 Å². The normalized spacial score (nSPS) is 10.7. The minimum Gasteiger partial charge on any atom is -0.354 e. The van der Waals surface area contributed by atoms with Crippen molar-refractivity contribution in [3.63, 3.8) is 0 Å². The summed E-state index contributed by atoms with van der Waals surface area (Å²) in [5, 5.41) is 11.6. The molecule has 4 nitrogen and oxygen atoms in total. The van der Waals surface area contributed by atoms with Gasteiger partial charge in [0.25, 0.3) is 0 Å². The summed E-state index contributed by atoms with van der Waals surface area (Å²) in [6.45, 7) is 0. The standard InChI is InChI=1S/C32H22BrClN2S.C26H19ClN2S.C6H4BrI/c33-23-11-9-16-26(21-23)35(24-12-3-1-4-13-24)28-18-10-19-29(32(28)34)36(25-14-5-2-6-15-25)30-22-37-31-20-8-7-17-27(30)31;27-26-22(28-19-10-3-1-4-11-19)15-9-16-23(26)29(20-12-5-2-6-13-20)24-18-30-25-17-8-7-14-21(24)25;7-5-2-1-3-6(8)4-5/h1-22H;1-18,28H;1-4H. The van der Waals surface area contributed by atoms with Gasteiger partial charge in [0.05, 0.1) is 44.2 Å². The van der Waals surface area contributed by atoms with Gasteiger partial charge in [0.2, 0.25) is 0 Å². The number of hydrogen-bond donors (Lipinski definition) is 1. The van der Waals surface area contributed by atoms with E-state index in [1.165, 1.54) is 23.7 Å². The molecule has 0 unspecified atom stereocenters. The number of thiophene rings is 2. The fourth-order valence-corrected chi connectivity index (χ4v) is 12.8. The highest BCUT2D eigenvalue weighted by Gasteiger charge is 2.24. The van der Waals surface area contributed by atoms with E-state index in [-0.39, 0.29) is 0 Å². The molecule has 0 fully saturated rings. The van der Waals surface area contributed by atoms with E-state index in [0.717, 1.165) is 71.5 Å². The van der Waals surface area contributed by atoms with Crippen molar-refractivity contribution < 1.29 is 0 Å². The lowest BCUT2D eigenvalue weighted by Gasteiger charge is -2.30. The Morgan fingerprint density at radius 1 is 0.360 bits per heavy atom. The number of para-hydroxylation sites is 4. The van der Waals surface area contributed by atoms with Crippen molar-refractivity contribution in [2.75, 3.05) is 20.0 Å². The van der Waals surface area contributed by atoms with Crippen molar-refractivity contribution in [2.24, 2.45) is 0 Å². The summed E-state index contributed by atoms with van der Waals surface area (Å²) in [5.74, 6) is 0. The lowest BCUT2D eigenvalue weighted by atomic mass is 10.1. The lowest BCUT2D eigenvalue weighted by Crippen LogP contribution is -2.14. The third kappa shape index (κ3) is 12.3. The molecule has 368 valence electrons. The maximum Gasteiger partial charge on any atom is 0.0887 e. The molecule has 0 aliphatic carbocycles. The molecule has 0 radical (unpaired) electrons. The van der Waals surface area contributed by atoms with Crippen molar-refractivity contribution in [2.45, 2.75) is 0 Å². The number of fused-ring (bicyclic) bond motifs is 2. The Labute approximate surface area is 486 Å². The Balaban J connectivity index is 0.000000151. The Kier molecular flexibility index (Phi) is 17.3. The minimum absolute atomic E-state index is 0.672. The molecule has 2 aromatic heterocycles. The smallest absolute Gasteiger partial charge is 0.0887 e. The highest BCUT2D eigenvalue weighted by atomic mass is 127. The Morgan fingerprint density at radius 3 is 1.25 bits per heavy atom. The molecule has 12 aromatic rings. The van der Waals surface area contributed by atoms with Crippen LogP contribution in [-0.4, -0.2) is 0 Å². The monoisotopic (exact) mass is 1290 g/mol. The van der Waals surface area contributed by atoms with Gasteiger partial charge in [-0.3, -0.25) is 0 Å². The third-order valence-corrected chi connectivity index (χ3v) is 16.4. The zero-order chi connectivity index (χ0) is 51.5. The lowest BCUT2D eigenvalue weighted by molar-refractivity contribution is 1.26. The molecule has 11 heteroatoms. The van der Waals surface area contributed by atoms with Crippen LogP contribution < -0.4 is 20.0 Å². The average molecular weight is 1290 g/mol. The van der Waals surface area contributed by atoms with Gasteiger partial charge >= 0.3 is 0 Å². The Bertz CT molecular complexity index is 3790. The van der Waals surface area contributed by atoms with Crippen LogP contribution in [0.4, 0.5) is 62.6 Å². The first kappa shape index (κ1) is 52.0. The first-order valence-electron chi connectivity index (χ1n) is 23.8. The highest BCUT2D eigenvalue weighted by molar-refractivity contribution is 14.1. The van der Waals surface area contributed by atoms with E-state index < -0.39 is 0 Å². The number of nitrogens with one attached hydrogen (secondary N) is 1. The van der Waals surface area contributed by atoms with Crippen LogP contribution >= 0.6 is 100 Å². The van der Waals surface area contributed by atoms with Crippen LogP contribution in [0.3, 0.4) is 0 Å². The predicted octanol–water partition coefficient (Wildman–Crippen LogP) is 23.1. The zero-order valence-electron chi connectivity index (χ0n) is 40.0. The van der Waals surface area contributed by atoms with E-state index in [9.17, 15) is 0 Å². The molecule has 0 spiro atoms. The third-order valence-electron chi connectivity index (χ3n) is 12.0. The summed E-state index contributed by atoms with van der Waals surface area (Å²) in [6.07, 6.45) is 0. The van der Waals surface area contributed by atoms with E-state index in [4.69, 9.17) is 23.2 Å². The van der Waals surface area contributed by atoms with Crippen molar-refractivity contribution in [3.8, 4) is 0 Å². The minimum atomic E-state index is 0.672. The van der Waals surface area contributed by atoms with E-state index in [2.05, 4.69) is 243 Å². The maximum absolute atomic E-state index is 7.36. The molecule has 0 amide bonds. The van der Waals surface area contributed by atoms with Gasteiger partial charge in [-0.1, -0.05) is 189 Å². The second kappa shape index (κ2) is 25.0. The largest absolute Gasteiger partial charge is 0.354 e. The van der Waals surface area contributed by atoms with Crippen LogP contribution in [0.2, 0.25) is 10.0 Å². The van der Waals surface area contributed by atoms with Gasteiger partial charge in [0.15, 0.2) is 0 Å². The molecule has 2 heterocycles. The van der Waals surface area contributed by atoms with Gasteiger partial charge in [-0.05, 0) is 144 Å². The van der Waals surface area contributed by atoms with Gasteiger partial charge in [0, 0.05) is 71.9 Å². The van der Waals surface area contributed by atoms with Crippen LogP contribution in [0.15, 0.2) is 274 Å². The molecule has 1 N–H and O–H groups in total. The number of rotatable bonds is 11. The molecule has 0 aliphatic heterocycles. The Morgan fingerprint density at radius 2 is 0.760 bits per heavy atom. The second-order valence-electron chi connectivity index (χ2n) is 16.9. The zero-order valence-corrected chi connectivity index (χ0v) is 48.4. The molecular formula is C64H45Br2Cl2IN4S2. The number of benzene rings is 10. The van der Waals surface area contributed by atoms with Crippen molar-refractivity contribution in [1.29, 1.82) is 0 Å². The summed E-state index contributed by atoms with van der Waals surface area (Å²) < 4.78 is 5.91. The molecule has 0 saturated carbocycles. The number of anilines is 11. The molecule has 0 atom stereocenters. The maximum atomic E-state index is 7.36. The number of halogens is 5. The topological polar surface area (TPSA) is 21.8 Å². The van der Waals surface area contributed by atoms with Crippen LogP contribution in [0, 0.1) is 3.57 Å². The van der Waals surface area contributed by atoms with Crippen LogP contribution in [0.1, 0.15) is 0 Å². The molecule has 0 bridgehead atoms. The molecular weight excluding hydrogens is 1250 g/mol. The molecule has 75 heavy (non-hydrogen) atoms. The summed E-state index contributed by atoms with van der Waals surface area (Å²) in [6, 6.07) is 87.0. The SMILES string of the molecule is Brc1cccc(I)c1.Clc1c(N(c2ccccc2)c2cccc(Br)c2)cccc1N(c1ccccc1)c1csc2ccccc12.Clc1c(Nc2ccccc2)cccc1N(c1ccccc1)c1csc2ccccc12. The van der Waals surface area contributed by atoms with Crippen LogP contribution in [0.5, 0.6) is 0 Å². The summed E-state index contributed by atoms with van der Waals surface area (Å²) in [7, 11) is 0. The number of hydrogen-bond acceptors (Lipinski definition) is 6. The summed E-state index contributed by atoms with van der Waals surface area (Å²) in [5.41, 5.74) is 11.1. The fraction of sp³-hybridized carbons (Fsp3) is 0. The van der Waals surface area contributed by atoms with Crippen molar-refractivity contribution in [3.05, 3.63) is 288 Å². The predicted molar refractivity (Wildman–Crippen MR) is 342 cm³/mol. The summed E-state index contributed by atoms with van der Waals surface area (Å²) in [4.78, 5) is 6.69. The van der Waals surface area contributed by atoms with E-state index in [1.54, 1.807) is 22.7 Å². The van der Waals surface area contributed by atoms with Gasteiger partial charge in [-0.2, -0.15) is 0 Å². The first-order valence-corrected chi connectivity index (χ1v) is 29.0. The first-order chi connectivity index (χ1) is 36.8. The Hall–Kier alpha value is -6.41. The van der Waals surface area contributed by atoms with Crippen molar-refractivity contribution in [1.82, 2.24) is 0 Å². The quantitative estimate of drug-likeness (QED) is 0.130. The van der Waals surface area contributed by atoms with E-state index >= 15 is 0 Å². The van der Waals surface area contributed by atoms with Crippen LogP contribution in [0.25, 0.3) is 20.2 Å².